The summed E-state index contributed by atoms with van der Waals surface area (Å²) < 4.78 is 9.80. The molecule has 56 heavy (non-hydrogen) atoms. The van der Waals surface area contributed by atoms with Crippen LogP contribution >= 0.6 is 11.6 Å². The molecule has 4 aromatic rings. The van der Waals surface area contributed by atoms with Crippen molar-refractivity contribution in [3.63, 3.8) is 0 Å². The normalized spacial score (nSPS) is 18.5. The van der Waals surface area contributed by atoms with E-state index in [1.54, 1.807) is 45.8 Å². The Hall–Kier alpha value is -5.89. The monoisotopic (exact) mass is 780 g/mol. The second-order valence-corrected chi connectivity index (χ2v) is 14.6. The topological polar surface area (TPSA) is 202 Å². The van der Waals surface area contributed by atoms with Gasteiger partial charge in [0.1, 0.15) is 17.8 Å². The summed E-state index contributed by atoms with van der Waals surface area (Å²) in [6.07, 6.45) is 2.44. The molecule has 2 saturated heterocycles. The highest BCUT2D eigenvalue weighted by Crippen LogP contribution is 2.31. The van der Waals surface area contributed by atoms with Crippen LogP contribution < -0.4 is 16.0 Å². The Morgan fingerprint density at radius 3 is 2.50 bits per heavy atom. The second-order valence-electron chi connectivity index (χ2n) is 14.2. The van der Waals surface area contributed by atoms with Gasteiger partial charge in [-0.1, -0.05) is 17.7 Å². The van der Waals surface area contributed by atoms with Crippen molar-refractivity contribution in [1.29, 1.82) is 5.26 Å². The van der Waals surface area contributed by atoms with Crippen LogP contribution in [0.5, 0.6) is 0 Å². The smallest absolute Gasteiger partial charge is 0.269 e. The maximum atomic E-state index is 13.3. The van der Waals surface area contributed by atoms with Gasteiger partial charge in [0.25, 0.3) is 17.7 Å². The van der Waals surface area contributed by atoms with Crippen LogP contribution in [0, 0.1) is 11.3 Å². The van der Waals surface area contributed by atoms with Gasteiger partial charge in [0.05, 0.1) is 51.8 Å². The number of amides is 5. The lowest BCUT2D eigenvalue weighted by Gasteiger charge is -2.36. The summed E-state index contributed by atoms with van der Waals surface area (Å²) >= 11 is 6.23. The number of anilines is 1. The number of nitrogens with zero attached hydrogens (tertiary/aromatic N) is 8. The van der Waals surface area contributed by atoms with Crippen LogP contribution in [0.4, 0.5) is 5.69 Å². The number of aromatic nitrogens is 4. The van der Waals surface area contributed by atoms with E-state index < -0.39 is 35.6 Å². The largest absolute Gasteiger partial charge is 0.372 e. The Bertz CT molecular complexity index is 2250. The van der Waals surface area contributed by atoms with E-state index in [9.17, 15) is 29.2 Å². The fraction of sp³-hybridized carbons (Fsp3) is 0.385. The van der Waals surface area contributed by atoms with Crippen molar-refractivity contribution in [2.24, 2.45) is 5.73 Å². The summed E-state index contributed by atoms with van der Waals surface area (Å²) in [7, 11) is 0. The molecule has 3 atom stereocenters. The van der Waals surface area contributed by atoms with E-state index in [1.807, 2.05) is 32.2 Å². The molecule has 2 aromatic heterocycles. The van der Waals surface area contributed by atoms with Gasteiger partial charge in [-0.3, -0.25) is 48.5 Å². The molecule has 3 aliphatic rings. The lowest BCUT2D eigenvalue weighted by Crippen LogP contribution is -2.54. The number of piperazine rings is 1. The lowest BCUT2D eigenvalue weighted by atomic mass is 10.0. The van der Waals surface area contributed by atoms with Gasteiger partial charge in [-0.05, 0) is 69.2 Å². The summed E-state index contributed by atoms with van der Waals surface area (Å²) in [5.41, 5.74) is 9.74. The number of piperidine rings is 1. The first-order valence-corrected chi connectivity index (χ1v) is 18.9. The third-order valence-corrected chi connectivity index (χ3v) is 10.8. The van der Waals surface area contributed by atoms with Crippen LogP contribution in [-0.2, 0) is 20.9 Å². The zero-order valence-corrected chi connectivity index (χ0v) is 31.7. The SMILES string of the molecule is CC(OCCCN1CCN(c2ccc3c(c2)C(=O)N(C2CCC(=O)NC2=O)C3=O)CC1)c1cc(C(N)=O)nn1[C@@H](C)Cn1ccc(-c2ccc(C#N)c(Cl)c2)n1. The van der Waals surface area contributed by atoms with Crippen molar-refractivity contribution in [3.05, 3.63) is 87.8 Å². The first kappa shape index (κ1) is 38.4. The minimum atomic E-state index is -0.997. The molecule has 17 heteroatoms. The highest BCUT2D eigenvalue weighted by atomic mass is 35.5. The van der Waals surface area contributed by atoms with E-state index >= 15 is 0 Å². The average Bonchev–Trinajstić information content (AvgIpc) is 3.91. The maximum Gasteiger partial charge on any atom is 0.269 e. The highest BCUT2D eigenvalue weighted by Gasteiger charge is 2.44. The number of hydrogen-bond donors (Lipinski definition) is 2. The van der Waals surface area contributed by atoms with Crippen molar-refractivity contribution in [1.82, 2.24) is 34.7 Å². The van der Waals surface area contributed by atoms with Crippen molar-refractivity contribution >= 4 is 46.8 Å². The van der Waals surface area contributed by atoms with E-state index in [4.69, 9.17) is 22.1 Å². The Kier molecular flexibility index (Phi) is 11.0. The molecule has 7 rings (SSSR count). The molecule has 0 aliphatic carbocycles. The number of fused-ring (bicyclic) bond motifs is 1. The van der Waals surface area contributed by atoms with Crippen molar-refractivity contribution in [3.8, 4) is 17.3 Å². The summed E-state index contributed by atoms with van der Waals surface area (Å²) in [4.78, 5) is 68.0. The van der Waals surface area contributed by atoms with Crippen molar-refractivity contribution in [2.75, 3.05) is 44.2 Å². The number of halogens is 1. The lowest BCUT2D eigenvalue weighted by molar-refractivity contribution is -0.136. The molecular weight excluding hydrogens is 740 g/mol. The average molecular weight is 781 g/mol. The first-order chi connectivity index (χ1) is 26.9. The number of benzene rings is 2. The molecule has 0 saturated carbocycles. The van der Waals surface area contributed by atoms with E-state index in [0.717, 1.165) is 61.0 Å². The summed E-state index contributed by atoms with van der Waals surface area (Å²) in [5, 5.41) is 21.0. The molecule has 3 aliphatic heterocycles. The van der Waals surface area contributed by atoms with Crippen molar-refractivity contribution < 1.29 is 28.7 Å². The number of nitriles is 1. The minimum absolute atomic E-state index is 0.0721. The molecule has 3 N–H and O–H groups in total. The van der Waals surface area contributed by atoms with E-state index in [-0.39, 0.29) is 41.8 Å². The Labute approximate surface area is 327 Å². The van der Waals surface area contributed by atoms with Crippen LogP contribution in [0.1, 0.15) is 87.7 Å². The quantitative estimate of drug-likeness (QED) is 0.149. The molecule has 0 bridgehead atoms. The van der Waals surface area contributed by atoms with Gasteiger partial charge in [0, 0.05) is 63.2 Å². The third kappa shape index (κ3) is 7.79. The summed E-state index contributed by atoms with van der Waals surface area (Å²) in [6, 6.07) is 14.8. The number of imide groups is 2. The molecule has 5 amide bonds. The maximum absolute atomic E-state index is 13.3. The Balaban J connectivity index is 0.899. The van der Waals surface area contributed by atoms with Crippen LogP contribution in [-0.4, -0.2) is 104 Å². The number of primary amides is 1. The van der Waals surface area contributed by atoms with Gasteiger partial charge >= 0.3 is 0 Å². The number of nitrogens with one attached hydrogen (secondary N) is 1. The molecule has 2 unspecified atom stereocenters. The third-order valence-electron chi connectivity index (χ3n) is 10.5. The van der Waals surface area contributed by atoms with E-state index in [0.29, 0.717) is 29.4 Å². The molecule has 290 valence electrons. The molecule has 0 radical (unpaired) electrons. The Morgan fingerprint density at radius 2 is 1.79 bits per heavy atom. The highest BCUT2D eigenvalue weighted by molar-refractivity contribution is 6.32. The Morgan fingerprint density at radius 1 is 1.02 bits per heavy atom. The van der Waals surface area contributed by atoms with Crippen molar-refractivity contribution in [2.45, 2.75) is 57.8 Å². The summed E-state index contributed by atoms with van der Waals surface area (Å²) in [5.74, 6) is -2.70. The molecular formula is C39H41ClN10O6. The van der Waals surface area contributed by atoms with E-state index in [2.05, 4.69) is 31.4 Å². The van der Waals surface area contributed by atoms with Crippen LogP contribution in [0.15, 0.2) is 54.7 Å². The molecule has 2 aromatic carbocycles. The second kappa shape index (κ2) is 16.1. The zero-order chi connectivity index (χ0) is 39.7. The molecule has 16 nitrogen and oxygen atoms in total. The fourth-order valence-electron chi connectivity index (χ4n) is 7.44. The predicted molar refractivity (Wildman–Crippen MR) is 204 cm³/mol. The number of ether oxygens (including phenoxy) is 1. The first-order valence-electron chi connectivity index (χ1n) is 18.5. The predicted octanol–water partition coefficient (Wildman–Crippen LogP) is 3.32. The van der Waals surface area contributed by atoms with Crippen LogP contribution in [0.25, 0.3) is 11.3 Å². The summed E-state index contributed by atoms with van der Waals surface area (Å²) in [6.45, 7) is 8.68. The number of carbonyl (C=O) groups is 5. The van der Waals surface area contributed by atoms with E-state index in [1.165, 1.54) is 0 Å². The van der Waals surface area contributed by atoms with Gasteiger partial charge in [-0.15, -0.1) is 0 Å². The molecule has 2 fully saturated rings. The number of rotatable bonds is 13. The number of hydrogen-bond acceptors (Lipinski definition) is 11. The molecule has 5 heterocycles. The molecule has 0 spiro atoms. The number of nitrogens with two attached hydrogens (primary N) is 1. The zero-order valence-electron chi connectivity index (χ0n) is 31.0. The van der Waals surface area contributed by atoms with Crippen LogP contribution in [0.3, 0.4) is 0 Å². The standard InChI is InChI=1S/C39H41ClN10O6/c1-23(22-48-12-10-31(44-48)25-4-5-26(21-41)30(40)18-25)50-34(20-32(45-50)36(42)52)24(2)56-17-3-11-46-13-15-47(16-14-46)27-6-7-28-29(19-27)39(55)49(38(28)54)33-8-9-35(51)43-37(33)53/h4-7,10,12,18-20,23-24,33H,3,8-9,11,13-17,22H2,1-2H3,(H2,42,52)(H,43,51,53)/t23-,24?,33?/m0/s1. The van der Waals surface area contributed by atoms with Gasteiger partial charge in [0.15, 0.2) is 0 Å². The van der Waals surface area contributed by atoms with Gasteiger partial charge < -0.3 is 15.4 Å². The van der Waals surface area contributed by atoms with Gasteiger partial charge in [-0.25, -0.2) is 0 Å². The van der Waals surface area contributed by atoms with Crippen LogP contribution in [0.2, 0.25) is 5.02 Å². The minimum Gasteiger partial charge on any atom is -0.372 e. The fourth-order valence-corrected chi connectivity index (χ4v) is 7.66. The van der Waals surface area contributed by atoms with Gasteiger partial charge in [0.2, 0.25) is 11.8 Å². The number of carbonyl (C=O) groups excluding carboxylic acids is 5. The van der Waals surface area contributed by atoms with Gasteiger partial charge in [-0.2, -0.15) is 15.5 Å².